The Morgan fingerprint density at radius 3 is 2.58 bits per heavy atom. The predicted octanol–water partition coefficient (Wildman–Crippen LogP) is -0.161. The van der Waals surface area contributed by atoms with E-state index in [0.29, 0.717) is 0 Å². The van der Waals surface area contributed by atoms with E-state index in [1.165, 1.54) is 6.20 Å². The van der Waals surface area contributed by atoms with Gasteiger partial charge in [0, 0.05) is 18.3 Å². The molecular weight excluding hydrogens is 250 g/mol. The minimum Gasteiger partial charge on any atom is -0.480 e. The van der Waals surface area contributed by atoms with Gasteiger partial charge in [-0.15, -0.1) is 0 Å². The van der Waals surface area contributed by atoms with Gasteiger partial charge in [-0.25, -0.2) is 4.79 Å². The number of carboxylic acids is 1. The monoisotopic (exact) mass is 265 g/mol. The molecule has 0 saturated heterocycles. The molecule has 2 amide bonds. The summed E-state index contributed by atoms with van der Waals surface area (Å²) >= 11 is 0. The van der Waals surface area contributed by atoms with Crippen LogP contribution in [0.5, 0.6) is 0 Å². The molecule has 1 heterocycles. The van der Waals surface area contributed by atoms with Gasteiger partial charge in [-0.2, -0.15) is 0 Å². The van der Waals surface area contributed by atoms with Gasteiger partial charge in [0.15, 0.2) is 0 Å². The van der Waals surface area contributed by atoms with E-state index in [-0.39, 0.29) is 18.4 Å². The zero-order chi connectivity index (χ0) is 14.4. The van der Waals surface area contributed by atoms with Crippen molar-refractivity contribution in [1.82, 2.24) is 10.3 Å². The Kier molecular flexibility index (Phi) is 4.99. The number of amides is 2. The molecule has 1 aromatic rings. The number of hydrogen-bond acceptors (Lipinski definition) is 4. The number of aromatic nitrogens is 1. The molecule has 1 aromatic heterocycles. The molecule has 4 N–H and O–H groups in total. The third-order valence-electron chi connectivity index (χ3n) is 2.46. The van der Waals surface area contributed by atoms with Crippen LogP contribution in [-0.2, 0) is 9.59 Å². The van der Waals surface area contributed by atoms with Crippen LogP contribution in [0, 0.1) is 6.92 Å². The van der Waals surface area contributed by atoms with E-state index in [1.807, 2.05) is 0 Å². The van der Waals surface area contributed by atoms with E-state index in [1.54, 1.807) is 19.1 Å². The quantitative estimate of drug-likeness (QED) is 0.659. The molecule has 0 radical (unpaired) electrons. The Balaban J connectivity index is 2.68. The lowest BCUT2D eigenvalue weighted by molar-refractivity contribution is -0.139. The summed E-state index contributed by atoms with van der Waals surface area (Å²) < 4.78 is 0. The molecule has 0 aliphatic heterocycles. The third kappa shape index (κ3) is 4.74. The number of nitrogens with one attached hydrogen (secondary N) is 1. The maximum Gasteiger partial charge on any atom is 0.326 e. The highest BCUT2D eigenvalue weighted by molar-refractivity contribution is 5.96. The van der Waals surface area contributed by atoms with Crippen LogP contribution in [0.1, 0.15) is 28.9 Å². The second-order valence-corrected chi connectivity index (χ2v) is 4.06. The molecule has 0 aliphatic carbocycles. The fourth-order valence-corrected chi connectivity index (χ4v) is 1.39. The first-order valence-corrected chi connectivity index (χ1v) is 5.64. The van der Waals surface area contributed by atoms with E-state index in [9.17, 15) is 14.4 Å². The maximum atomic E-state index is 11.8. The molecule has 0 spiro atoms. The molecule has 1 atom stereocenters. The number of nitrogens with zero attached hydrogens (tertiary/aromatic N) is 1. The van der Waals surface area contributed by atoms with Crippen molar-refractivity contribution >= 4 is 17.8 Å². The lowest BCUT2D eigenvalue weighted by Crippen LogP contribution is -2.41. The molecule has 0 unspecified atom stereocenters. The number of pyridine rings is 1. The molecule has 7 nitrogen and oxygen atoms in total. The highest BCUT2D eigenvalue weighted by Gasteiger charge is 2.21. The third-order valence-corrected chi connectivity index (χ3v) is 2.46. The summed E-state index contributed by atoms with van der Waals surface area (Å²) in [5, 5.41) is 11.3. The zero-order valence-electron chi connectivity index (χ0n) is 10.4. The number of carbonyl (C=O) groups is 3. The molecule has 1 rings (SSSR count). The van der Waals surface area contributed by atoms with Crippen LogP contribution < -0.4 is 11.1 Å². The Hall–Kier alpha value is -2.44. The van der Waals surface area contributed by atoms with Gasteiger partial charge >= 0.3 is 5.97 Å². The van der Waals surface area contributed by atoms with Gasteiger partial charge in [-0.1, -0.05) is 0 Å². The number of aryl methyl sites for hydroxylation is 1. The van der Waals surface area contributed by atoms with Gasteiger partial charge in [0.05, 0.1) is 5.56 Å². The van der Waals surface area contributed by atoms with E-state index in [4.69, 9.17) is 10.8 Å². The number of aliphatic carboxylic acids is 1. The van der Waals surface area contributed by atoms with Gasteiger partial charge < -0.3 is 16.2 Å². The van der Waals surface area contributed by atoms with Crippen molar-refractivity contribution < 1.29 is 19.5 Å². The number of primary amides is 1. The Morgan fingerprint density at radius 2 is 2.11 bits per heavy atom. The topological polar surface area (TPSA) is 122 Å². The van der Waals surface area contributed by atoms with Crippen molar-refractivity contribution in [2.45, 2.75) is 25.8 Å². The highest BCUT2D eigenvalue weighted by Crippen LogP contribution is 2.03. The normalized spacial score (nSPS) is 11.6. The van der Waals surface area contributed by atoms with E-state index < -0.39 is 23.8 Å². The van der Waals surface area contributed by atoms with E-state index >= 15 is 0 Å². The molecular formula is C12H15N3O4. The van der Waals surface area contributed by atoms with Crippen molar-refractivity contribution in [3.63, 3.8) is 0 Å². The van der Waals surface area contributed by atoms with Crippen molar-refractivity contribution in [1.29, 1.82) is 0 Å². The number of nitrogens with two attached hydrogens (primary N) is 1. The number of carbonyl (C=O) groups excluding carboxylic acids is 2. The molecule has 19 heavy (non-hydrogen) atoms. The van der Waals surface area contributed by atoms with Crippen molar-refractivity contribution in [2.75, 3.05) is 0 Å². The fourth-order valence-electron chi connectivity index (χ4n) is 1.39. The first kappa shape index (κ1) is 14.6. The fraction of sp³-hybridized carbons (Fsp3) is 0.333. The largest absolute Gasteiger partial charge is 0.480 e. The lowest BCUT2D eigenvalue weighted by Gasteiger charge is -2.13. The first-order chi connectivity index (χ1) is 8.90. The van der Waals surface area contributed by atoms with Crippen LogP contribution in [0.15, 0.2) is 18.3 Å². The zero-order valence-corrected chi connectivity index (χ0v) is 10.4. The maximum absolute atomic E-state index is 11.8. The minimum absolute atomic E-state index is 0.0459. The summed E-state index contributed by atoms with van der Waals surface area (Å²) in [7, 11) is 0. The summed E-state index contributed by atoms with van der Waals surface area (Å²) in [5.74, 6) is -2.38. The second-order valence-electron chi connectivity index (χ2n) is 4.06. The van der Waals surface area contributed by atoms with E-state index in [0.717, 1.165) is 5.69 Å². The molecule has 0 bridgehead atoms. The van der Waals surface area contributed by atoms with Crippen LogP contribution in [0.3, 0.4) is 0 Å². The number of rotatable bonds is 6. The summed E-state index contributed by atoms with van der Waals surface area (Å²) in [6.07, 6.45) is 1.21. The average molecular weight is 265 g/mol. The average Bonchev–Trinajstić information content (AvgIpc) is 2.34. The molecule has 0 fully saturated rings. The molecule has 7 heteroatoms. The van der Waals surface area contributed by atoms with Crippen molar-refractivity contribution in [3.05, 3.63) is 29.6 Å². The van der Waals surface area contributed by atoms with Crippen molar-refractivity contribution in [2.24, 2.45) is 5.73 Å². The Labute approximate surface area is 109 Å². The smallest absolute Gasteiger partial charge is 0.326 e. The van der Waals surface area contributed by atoms with Gasteiger partial charge in [0.25, 0.3) is 5.91 Å². The van der Waals surface area contributed by atoms with Crippen LogP contribution in [0.25, 0.3) is 0 Å². The second kappa shape index (κ2) is 6.48. The molecule has 0 aliphatic rings. The van der Waals surface area contributed by atoms with Gasteiger partial charge in [-0.05, 0) is 25.5 Å². The highest BCUT2D eigenvalue weighted by atomic mass is 16.4. The Bertz CT molecular complexity index is 484. The van der Waals surface area contributed by atoms with Crippen molar-refractivity contribution in [3.8, 4) is 0 Å². The lowest BCUT2D eigenvalue weighted by atomic mass is 10.1. The molecule has 102 valence electrons. The Morgan fingerprint density at radius 1 is 1.42 bits per heavy atom. The summed E-state index contributed by atoms with van der Waals surface area (Å²) in [6, 6.07) is 2.04. The van der Waals surface area contributed by atoms with Crippen LogP contribution in [0.2, 0.25) is 0 Å². The van der Waals surface area contributed by atoms with Crippen LogP contribution >= 0.6 is 0 Å². The summed E-state index contributed by atoms with van der Waals surface area (Å²) in [5.41, 5.74) is 5.96. The summed E-state index contributed by atoms with van der Waals surface area (Å²) in [4.78, 5) is 37.3. The minimum atomic E-state index is -1.21. The number of hydrogen-bond donors (Lipinski definition) is 3. The van der Waals surface area contributed by atoms with Crippen LogP contribution in [-0.4, -0.2) is 33.9 Å². The standard InChI is InChI=1S/C12H15N3O4/c1-7-2-3-8(6-14-7)11(17)15-9(12(18)19)4-5-10(13)16/h2-3,6,9H,4-5H2,1H3,(H2,13,16)(H,15,17)(H,18,19)/t9-/m0/s1. The van der Waals surface area contributed by atoms with Gasteiger partial charge in [0.2, 0.25) is 5.91 Å². The number of carboxylic acid groups (broad SMARTS) is 1. The van der Waals surface area contributed by atoms with Gasteiger partial charge in [0.1, 0.15) is 6.04 Å². The SMILES string of the molecule is Cc1ccc(C(=O)N[C@@H](CCC(N)=O)C(=O)O)cn1. The first-order valence-electron chi connectivity index (χ1n) is 5.64. The summed E-state index contributed by atoms with van der Waals surface area (Å²) in [6.45, 7) is 1.77. The van der Waals surface area contributed by atoms with Crippen LogP contribution in [0.4, 0.5) is 0 Å². The molecule has 0 saturated carbocycles. The van der Waals surface area contributed by atoms with E-state index in [2.05, 4.69) is 10.3 Å². The van der Waals surface area contributed by atoms with Gasteiger partial charge in [-0.3, -0.25) is 14.6 Å². The molecule has 0 aromatic carbocycles. The predicted molar refractivity (Wildman–Crippen MR) is 66.3 cm³/mol.